The number of hydrogen-bond acceptors (Lipinski definition) is 3. The molecule has 0 radical (unpaired) electrons. The second-order valence-corrected chi connectivity index (χ2v) is 5.68. The van der Waals surface area contributed by atoms with Gasteiger partial charge in [0.15, 0.2) is 0 Å². The fourth-order valence-electron chi connectivity index (χ4n) is 1.13. The summed E-state index contributed by atoms with van der Waals surface area (Å²) in [5.74, 6) is -1.05. The summed E-state index contributed by atoms with van der Waals surface area (Å²) in [6.45, 7) is 0. The highest BCUT2D eigenvalue weighted by atomic mass is 32.2. The molecule has 0 bridgehead atoms. The normalized spacial score (nSPS) is 12.2. The first kappa shape index (κ1) is 13.4. The molecule has 1 N–H and O–H groups in total. The average Bonchev–Trinajstić information content (AvgIpc) is 2.26. The van der Waals surface area contributed by atoms with Gasteiger partial charge in [-0.2, -0.15) is 0 Å². The number of nitrogens with zero attached hydrogens (tertiary/aromatic N) is 1. The van der Waals surface area contributed by atoms with Gasteiger partial charge in [0, 0.05) is 20.2 Å². The quantitative estimate of drug-likeness (QED) is 0.815. The van der Waals surface area contributed by atoms with Crippen LogP contribution in [0.4, 0.5) is 0 Å². The van der Waals surface area contributed by atoms with Crippen molar-refractivity contribution in [3.8, 4) is 0 Å². The zero-order valence-corrected chi connectivity index (χ0v) is 10.3. The van der Waals surface area contributed by atoms with E-state index >= 15 is 0 Å². The monoisotopic (exact) mass is 255 g/mol. The summed E-state index contributed by atoms with van der Waals surface area (Å²) in [6, 6.07) is 5.99. The number of carbonyl (C=O) groups is 1. The van der Waals surface area contributed by atoms with Crippen LogP contribution < -0.4 is 0 Å². The van der Waals surface area contributed by atoms with Crippen LogP contribution >= 0.6 is 0 Å². The molecule has 0 saturated carbocycles. The van der Waals surface area contributed by atoms with E-state index in [1.165, 1.54) is 32.3 Å². The Morgan fingerprint density at radius 3 is 2.18 bits per heavy atom. The van der Waals surface area contributed by atoms with Crippen LogP contribution in [0.5, 0.6) is 0 Å². The van der Waals surface area contributed by atoms with Gasteiger partial charge in [0.2, 0.25) is 10.0 Å². The van der Waals surface area contributed by atoms with Gasteiger partial charge in [-0.25, -0.2) is 17.5 Å². The maximum atomic E-state index is 11.7. The van der Waals surface area contributed by atoms with Crippen LogP contribution in [0.25, 0.3) is 6.08 Å². The smallest absolute Gasteiger partial charge is 0.328 e. The van der Waals surface area contributed by atoms with Gasteiger partial charge in [-0.15, -0.1) is 0 Å². The Hall–Kier alpha value is -1.66. The Morgan fingerprint density at radius 1 is 1.24 bits per heavy atom. The minimum Gasteiger partial charge on any atom is -0.478 e. The highest BCUT2D eigenvalue weighted by molar-refractivity contribution is 7.89. The Morgan fingerprint density at radius 2 is 1.76 bits per heavy atom. The molecule has 1 aromatic rings. The van der Waals surface area contributed by atoms with Crippen LogP contribution in [-0.4, -0.2) is 37.9 Å². The number of hydrogen-bond donors (Lipinski definition) is 1. The molecule has 0 aliphatic rings. The van der Waals surface area contributed by atoms with E-state index in [1.807, 2.05) is 0 Å². The molecule has 1 aromatic carbocycles. The Labute approximate surface area is 100 Å². The lowest BCUT2D eigenvalue weighted by Crippen LogP contribution is -2.22. The summed E-state index contributed by atoms with van der Waals surface area (Å²) in [4.78, 5) is 10.5. The largest absolute Gasteiger partial charge is 0.478 e. The summed E-state index contributed by atoms with van der Waals surface area (Å²) >= 11 is 0. The molecule has 0 atom stereocenters. The van der Waals surface area contributed by atoms with Gasteiger partial charge in [-0.3, -0.25) is 0 Å². The first-order valence-electron chi connectivity index (χ1n) is 4.77. The van der Waals surface area contributed by atoms with Gasteiger partial charge in [-0.1, -0.05) is 12.1 Å². The maximum Gasteiger partial charge on any atom is 0.328 e. The molecule has 0 aliphatic carbocycles. The Kier molecular flexibility index (Phi) is 4.03. The predicted molar refractivity (Wildman–Crippen MR) is 64.0 cm³/mol. The molecule has 0 amide bonds. The van der Waals surface area contributed by atoms with Gasteiger partial charge < -0.3 is 5.11 Å². The van der Waals surface area contributed by atoms with Crippen molar-refractivity contribution in [2.24, 2.45) is 0 Å². The molecule has 0 aliphatic heterocycles. The van der Waals surface area contributed by atoms with E-state index in [2.05, 4.69) is 0 Å². The molecule has 5 nitrogen and oxygen atoms in total. The third kappa shape index (κ3) is 3.40. The van der Waals surface area contributed by atoms with E-state index in [0.29, 0.717) is 5.56 Å². The van der Waals surface area contributed by atoms with Crippen molar-refractivity contribution in [1.82, 2.24) is 4.31 Å². The molecule has 0 spiro atoms. The van der Waals surface area contributed by atoms with Gasteiger partial charge in [0.1, 0.15) is 0 Å². The molecule has 0 fully saturated rings. The highest BCUT2D eigenvalue weighted by Crippen LogP contribution is 2.14. The molecule has 0 unspecified atom stereocenters. The summed E-state index contributed by atoms with van der Waals surface area (Å²) in [7, 11) is -0.528. The average molecular weight is 255 g/mol. The van der Waals surface area contributed by atoms with Gasteiger partial charge >= 0.3 is 5.97 Å². The first-order chi connectivity index (χ1) is 7.84. The van der Waals surface area contributed by atoms with E-state index in [0.717, 1.165) is 10.4 Å². The second kappa shape index (κ2) is 5.11. The zero-order valence-electron chi connectivity index (χ0n) is 9.49. The van der Waals surface area contributed by atoms with E-state index in [4.69, 9.17) is 5.11 Å². The van der Waals surface area contributed by atoms with Crippen molar-refractivity contribution in [3.63, 3.8) is 0 Å². The van der Waals surface area contributed by atoms with Crippen LogP contribution in [0, 0.1) is 0 Å². The summed E-state index contributed by atoms with van der Waals surface area (Å²) in [6.07, 6.45) is 2.39. The van der Waals surface area contributed by atoms with Crippen molar-refractivity contribution in [1.29, 1.82) is 0 Å². The summed E-state index contributed by atoms with van der Waals surface area (Å²) in [5, 5.41) is 8.44. The minimum absolute atomic E-state index is 0.176. The lowest BCUT2D eigenvalue weighted by Gasteiger charge is -2.10. The lowest BCUT2D eigenvalue weighted by atomic mass is 10.2. The molecule has 92 valence electrons. The fourth-order valence-corrected chi connectivity index (χ4v) is 2.03. The summed E-state index contributed by atoms with van der Waals surface area (Å²) < 4.78 is 24.6. The number of carboxylic acids is 1. The van der Waals surface area contributed by atoms with Gasteiger partial charge in [0.25, 0.3) is 0 Å². The Balaban J connectivity index is 3.01. The van der Waals surface area contributed by atoms with Crippen molar-refractivity contribution in [2.45, 2.75) is 4.90 Å². The van der Waals surface area contributed by atoms with Crippen LogP contribution in [0.15, 0.2) is 35.2 Å². The van der Waals surface area contributed by atoms with Gasteiger partial charge in [-0.05, 0) is 23.8 Å². The number of sulfonamides is 1. The van der Waals surface area contributed by atoms with E-state index in [9.17, 15) is 13.2 Å². The SMILES string of the molecule is CN(C)S(=O)(=O)c1ccc(/C=C/C(=O)O)cc1. The maximum absolute atomic E-state index is 11.7. The van der Waals surface area contributed by atoms with Crippen LogP contribution in [-0.2, 0) is 14.8 Å². The number of aliphatic carboxylic acids is 1. The topological polar surface area (TPSA) is 74.7 Å². The van der Waals surface area contributed by atoms with Crippen molar-refractivity contribution < 1.29 is 18.3 Å². The summed E-state index contributed by atoms with van der Waals surface area (Å²) in [5.41, 5.74) is 0.630. The van der Waals surface area contributed by atoms with E-state index in [-0.39, 0.29) is 4.90 Å². The second-order valence-electron chi connectivity index (χ2n) is 3.53. The third-order valence-corrected chi connectivity index (χ3v) is 3.91. The highest BCUT2D eigenvalue weighted by Gasteiger charge is 2.16. The number of rotatable bonds is 4. The van der Waals surface area contributed by atoms with Crippen LogP contribution in [0.3, 0.4) is 0 Å². The number of benzene rings is 1. The van der Waals surface area contributed by atoms with Crippen molar-refractivity contribution in [2.75, 3.05) is 14.1 Å². The predicted octanol–water partition coefficient (Wildman–Crippen LogP) is 1.03. The Bertz CT molecular complexity index is 529. The first-order valence-corrected chi connectivity index (χ1v) is 6.21. The van der Waals surface area contributed by atoms with Crippen LogP contribution in [0.1, 0.15) is 5.56 Å². The number of carboxylic acid groups (broad SMARTS) is 1. The minimum atomic E-state index is -3.43. The zero-order chi connectivity index (χ0) is 13.1. The molecule has 0 saturated heterocycles. The van der Waals surface area contributed by atoms with Crippen LogP contribution in [0.2, 0.25) is 0 Å². The molecule has 17 heavy (non-hydrogen) atoms. The molecule has 0 heterocycles. The lowest BCUT2D eigenvalue weighted by molar-refractivity contribution is -0.131. The third-order valence-electron chi connectivity index (χ3n) is 2.08. The van der Waals surface area contributed by atoms with Gasteiger partial charge in [0.05, 0.1) is 4.90 Å². The molecular weight excluding hydrogens is 242 g/mol. The fraction of sp³-hybridized carbons (Fsp3) is 0.182. The molecular formula is C11H13NO4S. The molecule has 0 aromatic heterocycles. The van der Waals surface area contributed by atoms with E-state index < -0.39 is 16.0 Å². The van der Waals surface area contributed by atoms with Crippen molar-refractivity contribution in [3.05, 3.63) is 35.9 Å². The standard InChI is InChI=1S/C11H13NO4S/c1-12(2)17(15,16)10-6-3-9(4-7-10)5-8-11(13)14/h3-8H,1-2H3,(H,13,14)/b8-5+. The molecule has 6 heteroatoms. The molecule has 1 rings (SSSR count). The van der Waals surface area contributed by atoms with E-state index in [1.54, 1.807) is 12.1 Å². The van der Waals surface area contributed by atoms with Crippen molar-refractivity contribution >= 4 is 22.1 Å².